The van der Waals surface area contributed by atoms with E-state index in [0.717, 1.165) is 16.8 Å². The summed E-state index contributed by atoms with van der Waals surface area (Å²) in [7, 11) is 0. The number of carbonyl (C=O) groups excluding carboxylic acids is 1. The Morgan fingerprint density at radius 3 is 2.53 bits per heavy atom. The highest BCUT2D eigenvalue weighted by atomic mass is 32.2. The first kappa shape index (κ1) is 22.2. The largest absolute Gasteiger partial charge is 0.378 e. The van der Waals surface area contributed by atoms with Gasteiger partial charge in [0.25, 0.3) is 5.91 Å². The van der Waals surface area contributed by atoms with E-state index in [2.05, 4.69) is 15.2 Å². The predicted molar refractivity (Wildman–Crippen MR) is 127 cm³/mol. The fourth-order valence-corrected chi connectivity index (χ4v) is 4.66. The van der Waals surface area contributed by atoms with E-state index in [9.17, 15) is 9.18 Å². The number of rotatable bonds is 6. The van der Waals surface area contributed by atoms with Crippen LogP contribution in [0.3, 0.4) is 0 Å². The molecule has 0 radical (unpaired) electrons. The van der Waals surface area contributed by atoms with E-state index in [1.165, 1.54) is 23.9 Å². The van der Waals surface area contributed by atoms with Crippen LogP contribution in [0.2, 0.25) is 0 Å². The second kappa shape index (κ2) is 10.1. The molecule has 7 nitrogen and oxygen atoms in total. The Kier molecular flexibility index (Phi) is 6.64. The highest BCUT2D eigenvalue weighted by Gasteiger charge is 2.20. The molecule has 4 aromatic rings. The Morgan fingerprint density at radius 1 is 1.00 bits per heavy atom. The monoisotopic (exact) mass is 475 g/mol. The molecule has 3 heterocycles. The second-order valence-electron chi connectivity index (χ2n) is 7.75. The third-order valence-corrected chi connectivity index (χ3v) is 6.50. The molecule has 0 saturated carbocycles. The van der Waals surface area contributed by atoms with Gasteiger partial charge < -0.3 is 9.64 Å². The van der Waals surface area contributed by atoms with Crippen molar-refractivity contribution in [3.05, 3.63) is 90.0 Å². The summed E-state index contributed by atoms with van der Waals surface area (Å²) in [4.78, 5) is 18.7. The molecule has 1 aliphatic rings. The molecular weight excluding hydrogens is 453 g/mol. The van der Waals surface area contributed by atoms with E-state index in [0.29, 0.717) is 48.6 Å². The number of pyridine rings is 1. The molecular formula is C25H22FN5O2S. The third kappa shape index (κ3) is 4.85. The molecule has 2 aromatic carbocycles. The summed E-state index contributed by atoms with van der Waals surface area (Å²) in [5, 5.41) is 9.48. The third-order valence-electron chi connectivity index (χ3n) is 5.50. The van der Waals surface area contributed by atoms with Crippen molar-refractivity contribution >= 4 is 17.7 Å². The molecule has 0 unspecified atom stereocenters. The second-order valence-corrected chi connectivity index (χ2v) is 8.69. The summed E-state index contributed by atoms with van der Waals surface area (Å²) in [6.45, 7) is 2.35. The van der Waals surface area contributed by atoms with Gasteiger partial charge in [-0.25, -0.2) is 4.39 Å². The lowest BCUT2D eigenvalue weighted by molar-refractivity contribution is 0.0303. The molecule has 172 valence electrons. The van der Waals surface area contributed by atoms with E-state index >= 15 is 0 Å². The maximum atomic E-state index is 13.6. The fourth-order valence-electron chi connectivity index (χ4n) is 3.77. The standard InChI is InChI=1S/C25H22FN5O2S/c26-21-4-6-22(7-5-21)31-23(19-8-10-27-11-9-19)28-29-25(31)34-17-18-2-1-3-20(16-18)24(32)30-12-14-33-15-13-30/h1-11,16H,12-15,17H2. The van der Waals surface area contributed by atoms with Gasteiger partial charge in [0.15, 0.2) is 11.0 Å². The fraction of sp³-hybridized carbons (Fsp3) is 0.200. The molecule has 34 heavy (non-hydrogen) atoms. The topological polar surface area (TPSA) is 73.1 Å². The van der Waals surface area contributed by atoms with Crippen LogP contribution in [0.15, 0.2) is 78.2 Å². The summed E-state index contributed by atoms with van der Waals surface area (Å²) in [5.41, 5.74) is 3.29. The molecule has 9 heteroatoms. The van der Waals surface area contributed by atoms with E-state index in [1.54, 1.807) is 24.5 Å². The number of aromatic nitrogens is 4. The number of carbonyl (C=O) groups is 1. The average Bonchev–Trinajstić information content (AvgIpc) is 3.32. The van der Waals surface area contributed by atoms with Crippen LogP contribution in [-0.2, 0) is 10.5 Å². The SMILES string of the molecule is O=C(c1cccc(CSc2nnc(-c3ccncc3)n2-c2ccc(F)cc2)c1)N1CCOCC1. The van der Waals surface area contributed by atoms with Crippen molar-refractivity contribution in [1.82, 2.24) is 24.6 Å². The number of thioether (sulfide) groups is 1. The molecule has 0 N–H and O–H groups in total. The van der Waals surface area contributed by atoms with Crippen LogP contribution in [0.5, 0.6) is 0 Å². The molecule has 0 aliphatic carbocycles. The van der Waals surface area contributed by atoms with Crippen molar-refractivity contribution in [2.45, 2.75) is 10.9 Å². The summed E-state index contributed by atoms with van der Waals surface area (Å²) in [5.74, 6) is 0.954. The first-order valence-electron chi connectivity index (χ1n) is 10.9. The van der Waals surface area contributed by atoms with Gasteiger partial charge in [-0.15, -0.1) is 10.2 Å². The highest BCUT2D eigenvalue weighted by molar-refractivity contribution is 7.98. The number of nitrogens with zero attached hydrogens (tertiary/aromatic N) is 5. The van der Waals surface area contributed by atoms with Gasteiger partial charge in [-0.3, -0.25) is 14.3 Å². The van der Waals surface area contributed by atoms with Crippen LogP contribution in [0.1, 0.15) is 15.9 Å². The van der Waals surface area contributed by atoms with Gasteiger partial charge in [-0.05, 0) is 54.1 Å². The van der Waals surface area contributed by atoms with Crippen molar-refractivity contribution in [1.29, 1.82) is 0 Å². The van der Waals surface area contributed by atoms with Crippen LogP contribution in [0, 0.1) is 5.82 Å². The van der Waals surface area contributed by atoms with E-state index < -0.39 is 0 Å². The molecule has 0 bridgehead atoms. The predicted octanol–water partition coefficient (Wildman–Crippen LogP) is 4.23. The number of benzene rings is 2. The van der Waals surface area contributed by atoms with Crippen molar-refractivity contribution < 1.29 is 13.9 Å². The molecule has 1 amide bonds. The molecule has 5 rings (SSSR count). The van der Waals surface area contributed by atoms with E-state index in [-0.39, 0.29) is 11.7 Å². The van der Waals surface area contributed by atoms with Crippen molar-refractivity contribution in [2.24, 2.45) is 0 Å². The van der Waals surface area contributed by atoms with Gasteiger partial charge in [0.1, 0.15) is 5.82 Å². The van der Waals surface area contributed by atoms with Crippen LogP contribution in [-0.4, -0.2) is 56.9 Å². The Hall–Kier alpha value is -3.56. The van der Waals surface area contributed by atoms with Gasteiger partial charge in [0.05, 0.1) is 13.2 Å². The first-order valence-corrected chi connectivity index (χ1v) is 11.9. The van der Waals surface area contributed by atoms with Gasteiger partial charge in [-0.1, -0.05) is 23.9 Å². The molecule has 1 aliphatic heterocycles. The van der Waals surface area contributed by atoms with Crippen LogP contribution < -0.4 is 0 Å². The normalized spacial score (nSPS) is 13.7. The highest BCUT2D eigenvalue weighted by Crippen LogP contribution is 2.30. The quantitative estimate of drug-likeness (QED) is 0.389. The van der Waals surface area contributed by atoms with Crippen LogP contribution in [0.4, 0.5) is 4.39 Å². The zero-order chi connectivity index (χ0) is 23.3. The Bertz CT molecular complexity index is 1270. The molecule has 0 atom stereocenters. The maximum Gasteiger partial charge on any atom is 0.254 e. The lowest BCUT2D eigenvalue weighted by Gasteiger charge is -2.27. The zero-order valence-electron chi connectivity index (χ0n) is 18.3. The number of morpholine rings is 1. The number of hydrogen-bond acceptors (Lipinski definition) is 6. The molecule has 1 fully saturated rings. The summed E-state index contributed by atoms with van der Waals surface area (Å²) in [6.07, 6.45) is 3.39. The van der Waals surface area contributed by atoms with Crippen LogP contribution >= 0.6 is 11.8 Å². The number of amides is 1. The van der Waals surface area contributed by atoms with Gasteiger partial charge in [0.2, 0.25) is 0 Å². The lowest BCUT2D eigenvalue weighted by Crippen LogP contribution is -2.40. The number of ether oxygens (including phenoxy) is 1. The number of hydrogen-bond donors (Lipinski definition) is 0. The van der Waals surface area contributed by atoms with Crippen molar-refractivity contribution in [3.8, 4) is 17.1 Å². The molecule has 1 saturated heterocycles. The van der Waals surface area contributed by atoms with E-state index in [1.807, 2.05) is 45.9 Å². The minimum absolute atomic E-state index is 0.0182. The minimum Gasteiger partial charge on any atom is -0.378 e. The molecule has 0 spiro atoms. The van der Waals surface area contributed by atoms with Gasteiger partial charge >= 0.3 is 0 Å². The zero-order valence-corrected chi connectivity index (χ0v) is 19.1. The lowest BCUT2D eigenvalue weighted by atomic mass is 10.1. The van der Waals surface area contributed by atoms with Crippen LogP contribution in [0.25, 0.3) is 17.1 Å². The van der Waals surface area contributed by atoms with Crippen molar-refractivity contribution in [2.75, 3.05) is 26.3 Å². The summed E-state index contributed by atoms with van der Waals surface area (Å²) in [6, 6.07) is 17.6. The minimum atomic E-state index is -0.307. The Balaban J connectivity index is 1.40. The van der Waals surface area contributed by atoms with Gasteiger partial charge in [0, 0.05) is 48.1 Å². The number of halogens is 1. The summed E-state index contributed by atoms with van der Waals surface area (Å²) >= 11 is 1.51. The van der Waals surface area contributed by atoms with Crippen molar-refractivity contribution in [3.63, 3.8) is 0 Å². The summed E-state index contributed by atoms with van der Waals surface area (Å²) < 4.78 is 20.8. The Morgan fingerprint density at radius 2 is 1.76 bits per heavy atom. The average molecular weight is 476 g/mol. The maximum absolute atomic E-state index is 13.6. The first-order chi connectivity index (χ1) is 16.7. The van der Waals surface area contributed by atoms with E-state index in [4.69, 9.17) is 4.74 Å². The smallest absolute Gasteiger partial charge is 0.254 e. The Labute approximate surface area is 200 Å². The van der Waals surface area contributed by atoms with Gasteiger partial charge in [-0.2, -0.15) is 0 Å². The molecule has 2 aromatic heterocycles.